The van der Waals surface area contributed by atoms with Crippen LogP contribution in [0.15, 0.2) is 83.8 Å². The first-order valence-corrected chi connectivity index (χ1v) is 10.6. The highest BCUT2D eigenvalue weighted by Crippen LogP contribution is 2.36. The summed E-state index contributed by atoms with van der Waals surface area (Å²) in [7, 11) is -3.96. The summed E-state index contributed by atoms with van der Waals surface area (Å²) in [5.74, 6) is 0.412. The van der Waals surface area contributed by atoms with Crippen molar-refractivity contribution < 1.29 is 17.9 Å². The van der Waals surface area contributed by atoms with Gasteiger partial charge in [0, 0.05) is 5.39 Å². The first-order chi connectivity index (χ1) is 14.0. The van der Waals surface area contributed by atoms with Crippen LogP contribution in [0.25, 0.3) is 10.9 Å². The number of ether oxygens (including phenoxy) is 1. The van der Waals surface area contributed by atoms with Crippen molar-refractivity contribution in [3.8, 4) is 5.75 Å². The van der Waals surface area contributed by atoms with Gasteiger partial charge in [-0.2, -0.15) is 0 Å². The van der Waals surface area contributed by atoms with Crippen molar-refractivity contribution in [1.29, 1.82) is 0 Å². The van der Waals surface area contributed by atoms with E-state index in [4.69, 9.17) is 16.3 Å². The van der Waals surface area contributed by atoms with Crippen LogP contribution >= 0.6 is 11.6 Å². The molecule has 146 valence electrons. The molecular weight excluding hydrogens is 410 g/mol. The quantitative estimate of drug-likeness (QED) is 0.411. The highest BCUT2D eigenvalue weighted by atomic mass is 35.5. The zero-order valence-electron chi connectivity index (χ0n) is 15.2. The molecule has 0 radical (unpaired) electrons. The summed E-state index contributed by atoms with van der Waals surface area (Å²) >= 11 is 6.50. The number of hydrogen-bond donors (Lipinski definition) is 0. The van der Waals surface area contributed by atoms with Gasteiger partial charge in [0.25, 0.3) is 10.0 Å². The van der Waals surface area contributed by atoms with Crippen molar-refractivity contribution in [3.05, 3.63) is 95.1 Å². The van der Waals surface area contributed by atoms with E-state index in [1.165, 1.54) is 18.2 Å². The van der Waals surface area contributed by atoms with E-state index in [0.29, 0.717) is 29.5 Å². The normalized spacial score (nSPS) is 11.5. The lowest BCUT2D eigenvalue weighted by molar-refractivity contribution is 0.111. The molecule has 5 nitrogen and oxygen atoms in total. The summed E-state index contributed by atoms with van der Waals surface area (Å²) in [5, 5.41) is 0.683. The maximum absolute atomic E-state index is 13.1. The molecule has 0 saturated heterocycles. The van der Waals surface area contributed by atoms with Gasteiger partial charge in [0.15, 0.2) is 6.29 Å². The van der Waals surface area contributed by atoms with Crippen molar-refractivity contribution in [2.45, 2.75) is 11.5 Å². The second-order valence-electron chi connectivity index (χ2n) is 6.35. The van der Waals surface area contributed by atoms with Gasteiger partial charge in [-0.15, -0.1) is 0 Å². The number of benzene rings is 3. The van der Waals surface area contributed by atoms with Gasteiger partial charge in [-0.25, -0.2) is 12.4 Å². The van der Waals surface area contributed by atoms with Gasteiger partial charge in [-0.05, 0) is 35.9 Å². The Morgan fingerprint density at radius 3 is 2.24 bits per heavy atom. The van der Waals surface area contributed by atoms with E-state index in [1.54, 1.807) is 30.3 Å². The maximum Gasteiger partial charge on any atom is 0.268 e. The molecule has 29 heavy (non-hydrogen) atoms. The number of hydrogen-bond acceptors (Lipinski definition) is 4. The smallest absolute Gasteiger partial charge is 0.268 e. The minimum absolute atomic E-state index is 0.00837. The molecule has 1 heterocycles. The molecule has 1 aromatic heterocycles. The lowest BCUT2D eigenvalue weighted by Crippen LogP contribution is -2.15. The molecule has 0 unspecified atom stereocenters. The zero-order chi connectivity index (χ0) is 20.4. The number of carbonyl (C=O) groups excluding carboxylic acids is 1. The van der Waals surface area contributed by atoms with Gasteiger partial charge >= 0.3 is 0 Å². The molecule has 0 bridgehead atoms. The summed E-state index contributed by atoms with van der Waals surface area (Å²) in [5.41, 5.74) is 1.28. The topological polar surface area (TPSA) is 65.4 Å². The number of aldehydes is 1. The fraction of sp³-hybridized carbons (Fsp3) is 0.0455. The van der Waals surface area contributed by atoms with E-state index >= 15 is 0 Å². The molecule has 0 fully saturated rings. The van der Waals surface area contributed by atoms with Crippen molar-refractivity contribution in [2.75, 3.05) is 0 Å². The van der Waals surface area contributed by atoms with E-state index < -0.39 is 10.0 Å². The predicted molar refractivity (Wildman–Crippen MR) is 112 cm³/mol. The standard InChI is InChI=1S/C22H16ClNO4S/c23-22-19-13-17(14-25)24(29(26,27)18-9-5-2-6-10-18)20(19)11-12-21(22)28-15-16-7-3-1-4-8-16/h1-14H,15H2. The molecular formula is C22H16ClNO4S. The molecule has 0 aliphatic carbocycles. The van der Waals surface area contributed by atoms with Crippen LogP contribution in [-0.2, 0) is 16.6 Å². The van der Waals surface area contributed by atoms with Crippen molar-refractivity contribution in [1.82, 2.24) is 3.97 Å². The molecule has 0 aliphatic rings. The number of rotatable bonds is 6. The van der Waals surface area contributed by atoms with Gasteiger partial charge in [0.1, 0.15) is 12.4 Å². The third-order valence-electron chi connectivity index (χ3n) is 4.51. The number of carbonyl (C=O) groups is 1. The molecule has 0 spiro atoms. The summed E-state index contributed by atoms with van der Waals surface area (Å²) < 4.78 is 33.1. The number of fused-ring (bicyclic) bond motifs is 1. The van der Waals surface area contributed by atoms with Gasteiger partial charge in [0.2, 0.25) is 0 Å². The molecule has 0 saturated carbocycles. The summed E-state index contributed by atoms with van der Waals surface area (Å²) in [6.07, 6.45) is 0.501. The Hall–Kier alpha value is -3.09. The third-order valence-corrected chi connectivity index (χ3v) is 6.65. The molecule has 4 rings (SSSR count). The van der Waals surface area contributed by atoms with E-state index in [1.807, 2.05) is 30.3 Å². The Labute approximate surface area is 173 Å². The minimum Gasteiger partial charge on any atom is -0.487 e. The Balaban J connectivity index is 1.80. The van der Waals surface area contributed by atoms with Gasteiger partial charge in [-0.3, -0.25) is 4.79 Å². The largest absolute Gasteiger partial charge is 0.487 e. The van der Waals surface area contributed by atoms with E-state index in [-0.39, 0.29) is 15.6 Å². The zero-order valence-corrected chi connectivity index (χ0v) is 16.7. The SMILES string of the molecule is O=Cc1cc2c(Cl)c(OCc3ccccc3)ccc2n1S(=O)(=O)c1ccccc1. The Morgan fingerprint density at radius 1 is 0.931 bits per heavy atom. The van der Waals surface area contributed by atoms with Gasteiger partial charge in [-0.1, -0.05) is 60.1 Å². The van der Waals surface area contributed by atoms with Crippen LogP contribution < -0.4 is 4.74 Å². The lowest BCUT2D eigenvalue weighted by atomic mass is 10.2. The summed E-state index contributed by atoms with van der Waals surface area (Å²) in [6.45, 7) is 0.315. The van der Waals surface area contributed by atoms with Crippen LogP contribution in [0.3, 0.4) is 0 Å². The minimum atomic E-state index is -3.96. The molecule has 7 heteroatoms. The van der Waals surface area contributed by atoms with Crippen LogP contribution in [0.2, 0.25) is 5.02 Å². The Kier molecular flexibility index (Phi) is 5.13. The molecule has 0 amide bonds. The van der Waals surface area contributed by atoms with Crippen molar-refractivity contribution >= 4 is 38.8 Å². The monoisotopic (exact) mass is 425 g/mol. The van der Waals surface area contributed by atoms with Gasteiger partial charge < -0.3 is 4.74 Å². The molecule has 0 aliphatic heterocycles. The first kappa shape index (κ1) is 19.2. The van der Waals surface area contributed by atoms with E-state index in [2.05, 4.69) is 0 Å². The van der Waals surface area contributed by atoms with Crippen LogP contribution in [0.4, 0.5) is 0 Å². The average Bonchev–Trinajstić information content (AvgIpc) is 3.15. The molecule has 0 N–H and O–H groups in total. The predicted octanol–water partition coefficient (Wildman–Crippen LogP) is 4.92. The summed E-state index contributed by atoms with van der Waals surface area (Å²) in [4.78, 5) is 11.7. The van der Waals surface area contributed by atoms with Crippen LogP contribution in [0, 0.1) is 0 Å². The van der Waals surface area contributed by atoms with Crippen LogP contribution in [-0.4, -0.2) is 18.7 Å². The Morgan fingerprint density at radius 2 is 1.59 bits per heavy atom. The van der Waals surface area contributed by atoms with E-state index in [0.717, 1.165) is 9.54 Å². The summed E-state index contributed by atoms with van der Waals surface area (Å²) in [6, 6.07) is 22.2. The number of aromatic nitrogens is 1. The third kappa shape index (κ3) is 3.52. The number of halogens is 1. The molecule has 0 atom stereocenters. The fourth-order valence-corrected chi connectivity index (χ4v) is 4.89. The van der Waals surface area contributed by atoms with Crippen molar-refractivity contribution in [3.63, 3.8) is 0 Å². The molecule has 4 aromatic rings. The van der Waals surface area contributed by atoms with Crippen LogP contribution in [0.1, 0.15) is 16.1 Å². The number of nitrogens with zero attached hydrogens (tertiary/aromatic N) is 1. The average molecular weight is 426 g/mol. The second-order valence-corrected chi connectivity index (χ2v) is 8.52. The lowest BCUT2D eigenvalue weighted by Gasteiger charge is -2.11. The molecule has 3 aromatic carbocycles. The second kappa shape index (κ2) is 7.73. The van der Waals surface area contributed by atoms with Crippen molar-refractivity contribution in [2.24, 2.45) is 0 Å². The Bertz CT molecular complexity index is 1280. The van der Waals surface area contributed by atoms with Gasteiger partial charge in [0.05, 0.1) is 21.1 Å². The van der Waals surface area contributed by atoms with Crippen LogP contribution in [0.5, 0.6) is 5.75 Å². The highest BCUT2D eigenvalue weighted by Gasteiger charge is 2.24. The van der Waals surface area contributed by atoms with E-state index in [9.17, 15) is 13.2 Å². The highest BCUT2D eigenvalue weighted by molar-refractivity contribution is 7.90. The maximum atomic E-state index is 13.1. The fourth-order valence-electron chi connectivity index (χ4n) is 3.12. The first-order valence-electron chi connectivity index (χ1n) is 8.79.